The summed E-state index contributed by atoms with van der Waals surface area (Å²) in [4.78, 5) is 40.2. The number of sulfonamides is 1. The zero-order valence-corrected chi connectivity index (χ0v) is 31.4. The summed E-state index contributed by atoms with van der Waals surface area (Å²) >= 11 is 0. The zero-order chi connectivity index (χ0) is 38.1. The maximum atomic E-state index is 14.1. The molecule has 1 aliphatic rings. The molecule has 1 aliphatic heterocycles. The van der Waals surface area contributed by atoms with Gasteiger partial charge in [0.1, 0.15) is 12.6 Å². The van der Waals surface area contributed by atoms with Crippen LogP contribution in [0.1, 0.15) is 59.1 Å². The normalized spacial score (nSPS) is 14.4. The van der Waals surface area contributed by atoms with Crippen LogP contribution in [-0.2, 0) is 37.4 Å². The van der Waals surface area contributed by atoms with Gasteiger partial charge in [-0.3, -0.25) is 15.0 Å². The van der Waals surface area contributed by atoms with Crippen molar-refractivity contribution in [3.8, 4) is 11.5 Å². The van der Waals surface area contributed by atoms with Gasteiger partial charge in [-0.25, -0.2) is 18.2 Å². The third-order valence-corrected chi connectivity index (χ3v) is 9.95. The fourth-order valence-electron chi connectivity index (χ4n) is 5.54. The predicted octanol–water partition coefficient (Wildman–Crippen LogP) is 4.65. The molecule has 14 heteroatoms. The van der Waals surface area contributed by atoms with Gasteiger partial charge in [-0.1, -0.05) is 95.3 Å². The Morgan fingerprint density at radius 2 is 1.50 bits per heavy atom. The van der Waals surface area contributed by atoms with Gasteiger partial charge >= 0.3 is 6.09 Å². The highest BCUT2D eigenvalue weighted by atomic mass is 32.2. The molecule has 0 aliphatic carbocycles. The number of nitrogens with zero attached hydrogens (tertiary/aromatic N) is 2. The van der Waals surface area contributed by atoms with E-state index in [0.29, 0.717) is 11.5 Å². The Labute approximate surface area is 306 Å². The molecule has 13 nitrogen and oxygen atoms in total. The number of amides is 3. The van der Waals surface area contributed by atoms with E-state index in [1.165, 1.54) is 29.4 Å². The van der Waals surface area contributed by atoms with Gasteiger partial charge in [0, 0.05) is 25.6 Å². The first-order chi connectivity index (χ1) is 24.5. The highest BCUT2D eigenvalue weighted by Crippen LogP contribution is 2.35. The smallest absolute Gasteiger partial charge is 0.408 e. The number of benzene rings is 3. The second-order valence-electron chi connectivity index (χ2n) is 14.5. The molecular weight excluding hydrogens is 689 g/mol. The average molecular weight is 739 g/mol. The fraction of sp³-hybridized carbons (Fsp3) is 0.447. The lowest BCUT2D eigenvalue weighted by atomic mass is 9.91. The van der Waals surface area contributed by atoms with E-state index in [1.54, 1.807) is 24.3 Å². The van der Waals surface area contributed by atoms with Gasteiger partial charge in [-0.2, -0.15) is 4.31 Å². The quantitative estimate of drug-likeness (QED) is 0.189. The van der Waals surface area contributed by atoms with Crippen molar-refractivity contribution >= 4 is 27.9 Å². The van der Waals surface area contributed by atoms with E-state index in [2.05, 4.69) is 10.7 Å². The Morgan fingerprint density at radius 3 is 2.12 bits per heavy atom. The van der Waals surface area contributed by atoms with Crippen LogP contribution in [0.5, 0.6) is 11.5 Å². The molecule has 0 radical (unpaired) electrons. The number of hydrogen-bond acceptors (Lipinski definition) is 9. The standard InChI is InChI=1S/C38H50N4O9S/c1-26(2)22-41(52(47,48)30-17-18-33-34(20-30)51-25-50-33)23-32(43)31(19-28-13-9-7-10-14-28)42(35(44)21-38(4,5)6)40-36(45)27(3)39-37(46)49-24-29-15-11-8-12-16-29/h7-18,20,26-27,31-32,43H,19,21-25H2,1-6H3,(H,39,46)(H,40,45)/t27-,31-,32+/m0/s1. The monoisotopic (exact) mass is 738 g/mol. The minimum absolute atomic E-state index is 0.00933. The molecule has 1 heterocycles. The molecule has 3 N–H and O–H groups in total. The van der Waals surface area contributed by atoms with Crippen LogP contribution in [0.25, 0.3) is 0 Å². The van der Waals surface area contributed by atoms with E-state index in [0.717, 1.165) is 16.1 Å². The molecule has 3 atom stereocenters. The molecule has 0 saturated carbocycles. The van der Waals surface area contributed by atoms with E-state index in [-0.39, 0.29) is 43.6 Å². The molecule has 0 unspecified atom stereocenters. The molecule has 282 valence electrons. The molecule has 3 aromatic rings. The molecule has 0 fully saturated rings. The van der Waals surface area contributed by atoms with Gasteiger partial charge in [0.25, 0.3) is 5.91 Å². The molecule has 0 aromatic heterocycles. The van der Waals surface area contributed by atoms with Crippen LogP contribution in [0.2, 0.25) is 0 Å². The summed E-state index contributed by atoms with van der Waals surface area (Å²) in [6.07, 6.45) is -2.26. The van der Waals surface area contributed by atoms with Gasteiger partial charge < -0.3 is 24.6 Å². The van der Waals surface area contributed by atoms with Gasteiger partial charge in [0.2, 0.25) is 22.7 Å². The highest BCUT2D eigenvalue weighted by Gasteiger charge is 2.38. The Balaban J connectivity index is 1.63. The fourth-order valence-corrected chi connectivity index (χ4v) is 7.18. The summed E-state index contributed by atoms with van der Waals surface area (Å²) in [6, 6.07) is 20.2. The first kappa shape index (κ1) is 40.1. The second-order valence-corrected chi connectivity index (χ2v) is 16.4. The van der Waals surface area contributed by atoms with Crippen molar-refractivity contribution in [1.82, 2.24) is 20.1 Å². The second kappa shape index (κ2) is 17.7. The minimum Gasteiger partial charge on any atom is -0.454 e. The summed E-state index contributed by atoms with van der Waals surface area (Å²) in [5.74, 6) is -0.656. The van der Waals surface area contributed by atoms with E-state index in [1.807, 2.05) is 71.0 Å². The summed E-state index contributed by atoms with van der Waals surface area (Å²) in [6.45, 7) is 10.4. The molecule has 0 saturated heterocycles. The van der Waals surface area contributed by atoms with E-state index < -0.39 is 58.1 Å². The summed E-state index contributed by atoms with van der Waals surface area (Å²) < 4.78 is 45.4. The van der Waals surface area contributed by atoms with Crippen LogP contribution in [0, 0.1) is 11.3 Å². The predicted molar refractivity (Wildman–Crippen MR) is 194 cm³/mol. The van der Waals surface area contributed by atoms with Crippen LogP contribution in [0.15, 0.2) is 83.8 Å². The molecule has 52 heavy (non-hydrogen) atoms. The van der Waals surface area contributed by atoms with Crippen molar-refractivity contribution in [3.05, 3.63) is 90.0 Å². The number of aliphatic hydroxyl groups is 1. The molecule has 4 rings (SSSR count). The lowest BCUT2D eigenvalue weighted by molar-refractivity contribution is -0.150. The first-order valence-corrected chi connectivity index (χ1v) is 18.7. The van der Waals surface area contributed by atoms with Crippen LogP contribution < -0.4 is 20.2 Å². The number of ether oxygens (including phenoxy) is 3. The topological polar surface area (TPSA) is 164 Å². The Bertz CT molecular complexity index is 1770. The van der Waals surface area contributed by atoms with Gasteiger partial charge in [0.05, 0.1) is 17.0 Å². The highest BCUT2D eigenvalue weighted by molar-refractivity contribution is 7.89. The maximum Gasteiger partial charge on any atom is 0.408 e. The van der Waals surface area contributed by atoms with Crippen molar-refractivity contribution in [2.45, 2.75) is 84.1 Å². The number of hydrogen-bond donors (Lipinski definition) is 3. The van der Waals surface area contributed by atoms with Gasteiger partial charge in [-0.05, 0) is 47.9 Å². The van der Waals surface area contributed by atoms with Crippen molar-refractivity contribution < 1.29 is 42.1 Å². The lowest BCUT2D eigenvalue weighted by Crippen LogP contribution is -2.61. The van der Waals surface area contributed by atoms with Crippen LogP contribution in [0.4, 0.5) is 4.79 Å². The zero-order valence-electron chi connectivity index (χ0n) is 30.6. The molecule has 3 amide bonds. The summed E-state index contributed by atoms with van der Waals surface area (Å²) in [5.41, 5.74) is 3.63. The third kappa shape index (κ3) is 11.4. The number of hydrazine groups is 1. The van der Waals surface area contributed by atoms with Crippen LogP contribution in [-0.4, -0.2) is 78.8 Å². The molecular formula is C38H50N4O9S. The number of alkyl carbamates (subject to hydrolysis) is 1. The van der Waals surface area contributed by atoms with Crippen molar-refractivity contribution in [1.29, 1.82) is 0 Å². The van der Waals surface area contributed by atoms with E-state index >= 15 is 0 Å². The third-order valence-electron chi connectivity index (χ3n) is 8.13. The number of carbonyl (C=O) groups is 3. The van der Waals surface area contributed by atoms with E-state index in [9.17, 15) is 27.9 Å². The average Bonchev–Trinajstić information content (AvgIpc) is 3.56. The first-order valence-electron chi connectivity index (χ1n) is 17.2. The van der Waals surface area contributed by atoms with Crippen LogP contribution >= 0.6 is 0 Å². The number of carbonyl (C=O) groups excluding carboxylic acids is 3. The number of fused-ring (bicyclic) bond motifs is 1. The van der Waals surface area contributed by atoms with Crippen molar-refractivity contribution in [3.63, 3.8) is 0 Å². The minimum atomic E-state index is -4.18. The SMILES string of the molecule is CC(C)CN(C[C@@H](O)[C@H](Cc1ccccc1)N(NC(=O)[C@H](C)NC(=O)OCc1ccccc1)C(=O)CC(C)(C)C)S(=O)(=O)c1ccc2c(c1)OCO2. The number of nitrogens with one attached hydrogen (secondary N) is 2. The molecule has 3 aromatic carbocycles. The Kier molecular flexibility index (Phi) is 13.7. The number of aliphatic hydroxyl groups excluding tert-OH is 1. The summed E-state index contributed by atoms with van der Waals surface area (Å²) in [7, 11) is -4.18. The Morgan fingerprint density at radius 1 is 0.885 bits per heavy atom. The summed E-state index contributed by atoms with van der Waals surface area (Å²) in [5, 5.41) is 15.6. The van der Waals surface area contributed by atoms with E-state index in [4.69, 9.17) is 14.2 Å². The van der Waals surface area contributed by atoms with Crippen molar-refractivity contribution in [2.24, 2.45) is 11.3 Å². The maximum absolute atomic E-state index is 14.1. The number of rotatable bonds is 15. The van der Waals surface area contributed by atoms with Crippen LogP contribution in [0.3, 0.4) is 0 Å². The lowest BCUT2D eigenvalue weighted by Gasteiger charge is -2.38. The Hall–Kier alpha value is -4.66. The molecule has 0 spiro atoms. The largest absolute Gasteiger partial charge is 0.454 e. The van der Waals surface area contributed by atoms with Gasteiger partial charge in [0.15, 0.2) is 11.5 Å². The van der Waals surface area contributed by atoms with Gasteiger partial charge in [-0.15, -0.1) is 0 Å². The molecule has 0 bridgehead atoms. The van der Waals surface area contributed by atoms with Crippen molar-refractivity contribution in [2.75, 3.05) is 19.9 Å².